The van der Waals surface area contributed by atoms with Crippen LogP contribution in [0, 0.1) is 6.92 Å². The Morgan fingerprint density at radius 3 is 2.64 bits per heavy atom. The summed E-state index contributed by atoms with van der Waals surface area (Å²) >= 11 is 0. The summed E-state index contributed by atoms with van der Waals surface area (Å²) in [5.74, 6) is 1.79. The van der Waals surface area contributed by atoms with Crippen LogP contribution in [0.25, 0.3) is 0 Å². The van der Waals surface area contributed by atoms with Gasteiger partial charge in [0.25, 0.3) is 0 Å². The Kier molecular flexibility index (Phi) is 4.76. The van der Waals surface area contributed by atoms with Gasteiger partial charge in [-0.3, -0.25) is 4.79 Å². The number of benzene rings is 1. The number of ether oxygens (including phenoxy) is 2. The van der Waals surface area contributed by atoms with Crippen molar-refractivity contribution in [2.24, 2.45) is 0 Å². The van der Waals surface area contributed by atoms with Gasteiger partial charge in [0.2, 0.25) is 17.6 Å². The topological polar surface area (TPSA) is 77.7 Å². The first-order valence-corrected chi connectivity index (χ1v) is 8.27. The van der Waals surface area contributed by atoms with Crippen LogP contribution in [-0.4, -0.2) is 47.8 Å². The van der Waals surface area contributed by atoms with Crippen LogP contribution < -0.4 is 4.74 Å². The molecule has 7 nitrogen and oxygen atoms in total. The lowest BCUT2D eigenvalue weighted by Crippen LogP contribution is -2.49. The van der Waals surface area contributed by atoms with Crippen LogP contribution in [0.4, 0.5) is 0 Å². The molecule has 0 spiro atoms. The van der Waals surface area contributed by atoms with E-state index in [1.54, 1.807) is 14.0 Å². The Labute approximate surface area is 146 Å². The summed E-state index contributed by atoms with van der Waals surface area (Å²) in [6.45, 7) is 7.00. The fourth-order valence-electron chi connectivity index (χ4n) is 2.96. The molecule has 0 N–H and O–H groups in total. The average molecular weight is 345 g/mol. The number of methoxy groups -OCH3 is 1. The van der Waals surface area contributed by atoms with E-state index in [1.807, 2.05) is 43.0 Å². The number of carbonyl (C=O) groups excluding carboxylic acids is 1. The molecule has 1 aromatic carbocycles. The third kappa shape index (κ3) is 3.51. The molecule has 1 aliphatic heterocycles. The van der Waals surface area contributed by atoms with Crippen LogP contribution in [0.3, 0.4) is 0 Å². The van der Waals surface area contributed by atoms with Gasteiger partial charge in [0.1, 0.15) is 11.9 Å². The smallest absolute Gasteiger partial charge is 0.232 e. The molecule has 1 amide bonds. The van der Waals surface area contributed by atoms with Crippen LogP contribution in [0.2, 0.25) is 0 Å². The first-order chi connectivity index (χ1) is 11.9. The van der Waals surface area contributed by atoms with Gasteiger partial charge in [-0.2, -0.15) is 4.98 Å². The van der Waals surface area contributed by atoms with Crippen molar-refractivity contribution in [3.63, 3.8) is 0 Å². The molecule has 0 bridgehead atoms. The third-order valence-corrected chi connectivity index (χ3v) is 4.53. The van der Waals surface area contributed by atoms with Crippen LogP contribution in [0.15, 0.2) is 28.8 Å². The van der Waals surface area contributed by atoms with Gasteiger partial charge in [0.05, 0.1) is 25.7 Å². The molecular formula is C18H23N3O4. The lowest BCUT2D eigenvalue weighted by Gasteiger charge is -2.37. The lowest BCUT2D eigenvalue weighted by atomic mass is 9.83. The highest BCUT2D eigenvalue weighted by Crippen LogP contribution is 2.30. The molecule has 2 aromatic rings. The molecule has 1 aromatic heterocycles. The molecule has 0 unspecified atom stereocenters. The van der Waals surface area contributed by atoms with Gasteiger partial charge in [-0.15, -0.1) is 0 Å². The Morgan fingerprint density at radius 2 is 2.04 bits per heavy atom. The predicted octanol–water partition coefficient (Wildman–Crippen LogP) is 2.26. The van der Waals surface area contributed by atoms with Crippen molar-refractivity contribution in [1.82, 2.24) is 15.0 Å². The zero-order valence-corrected chi connectivity index (χ0v) is 15.0. The number of aromatic nitrogens is 2. The standard InChI is InChI=1S/C18H23N3O4/c1-12-19-16(20-25-12)15-11-21(9-10-24-15)17(22)18(2,3)13-5-7-14(23-4)8-6-13/h5-8,15H,9-11H2,1-4H3/t15-/m1/s1. The van der Waals surface area contributed by atoms with Gasteiger partial charge >= 0.3 is 0 Å². The van der Waals surface area contributed by atoms with Crippen LogP contribution in [0.5, 0.6) is 5.75 Å². The van der Waals surface area contributed by atoms with Gasteiger partial charge < -0.3 is 18.9 Å². The van der Waals surface area contributed by atoms with E-state index >= 15 is 0 Å². The van der Waals surface area contributed by atoms with E-state index < -0.39 is 5.41 Å². The molecule has 3 rings (SSSR count). The zero-order valence-electron chi connectivity index (χ0n) is 15.0. The SMILES string of the molecule is COc1ccc(C(C)(C)C(=O)N2CCO[C@@H](c3noc(C)n3)C2)cc1. The second-order valence-corrected chi connectivity index (χ2v) is 6.64. The molecular weight excluding hydrogens is 322 g/mol. The number of nitrogens with zero attached hydrogens (tertiary/aromatic N) is 3. The van der Waals surface area contributed by atoms with E-state index in [2.05, 4.69) is 10.1 Å². The molecule has 1 atom stereocenters. The first-order valence-electron chi connectivity index (χ1n) is 8.27. The van der Waals surface area contributed by atoms with E-state index in [1.165, 1.54) is 0 Å². The van der Waals surface area contributed by atoms with Crippen molar-refractivity contribution < 1.29 is 18.8 Å². The number of amides is 1. The van der Waals surface area contributed by atoms with Crippen molar-refractivity contribution in [2.75, 3.05) is 26.8 Å². The summed E-state index contributed by atoms with van der Waals surface area (Å²) in [5, 5.41) is 3.91. The Balaban J connectivity index is 1.76. The normalized spacial score (nSPS) is 18.2. The predicted molar refractivity (Wildman–Crippen MR) is 90.3 cm³/mol. The zero-order chi connectivity index (χ0) is 18.0. The fourth-order valence-corrected chi connectivity index (χ4v) is 2.96. The number of morpholine rings is 1. The van der Waals surface area contributed by atoms with E-state index in [9.17, 15) is 4.79 Å². The van der Waals surface area contributed by atoms with Crippen molar-refractivity contribution in [3.05, 3.63) is 41.5 Å². The number of rotatable bonds is 4. The van der Waals surface area contributed by atoms with E-state index in [0.717, 1.165) is 11.3 Å². The summed E-state index contributed by atoms with van der Waals surface area (Å²) in [5.41, 5.74) is 0.290. The summed E-state index contributed by atoms with van der Waals surface area (Å²) in [6, 6.07) is 7.59. The second kappa shape index (κ2) is 6.84. The number of hydrogen-bond donors (Lipinski definition) is 0. The maximum Gasteiger partial charge on any atom is 0.232 e. The Bertz CT molecular complexity index is 739. The van der Waals surface area contributed by atoms with E-state index in [0.29, 0.717) is 31.4 Å². The van der Waals surface area contributed by atoms with E-state index in [4.69, 9.17) is 14.0 Å². The molecule has 0 saturated carbocycles. The average Bonchev–Trinajstić information content (AvgIpc) is 3.07. The van der Waals surface area contributed by atoms with Crippen molar-refractivity contribution in [3.8, 4) is 5.75 Å². The minimum atomic E-state index is -0.651. The summed E-state index contributed by atoms with van der Waals surface area (Å²) in [6.07, 6.45) is -0.359. The second-order valence-electron chi connectivity index (χ2n) is 6.64. The monoisotopic (exact) mass is 345 g/mol. The molecule has 7 heteroatoms. The lowest BCUT2D eigenvalue weighted by molar-refractivity contribution is -0.144. The largest absolute Gasteiger partial charge is 0.497 e. The molecule has 2 heterocycles. The molecule has 0 aliphatic carbocycles. The maximum atomic E-state index is 13.1. The van der Waals surface area contributed by atoms with E-state index in [-0.39, 0.29) is 12.0 Å². The van der Waals surface area contributed by atoms with Crippen LogP contribution >= 0.6 is 0 Å². The van der Waals surface area contributed by atoms with Gasteiger partial charge in [0, 0.05) is 13.5 Å². The summed E-state index contributed by atoms with van der Waals surface area (Å²) in [4.78, 5) is 19.2. The van der Waals surface area contributed by atoms with Crippen LogP contribution in [-0.2, 0) is 14.9 Å². The number of aryl methyl sites for hydroxylation is 1. The Morgan fingerprint density at radius 1 is 1.32 bits per heavy atom. The molecule has 1 saturated heterocycles. The van der Waals surface area contributed by atoms with Crippen molar-refractivity contribution >= 4 is 5.91 Å². The summed E-state index contributed by atoms with van der Waals surface area (Å²) < 4.78 is 15.9. The summed E-state index contributed by atoms with van der Waals surface area (Å²) in [7, 11) is 1.62. The Hall–Kier alpha value is -2.41. The maximum absolute atomic E-state index is 13.1. The molecule has 1 aliphatic rings. The fraction of sp³-hybridized carbons (Fsp3) is 0.500. The minimum absolute atomic E-state index is 0.0474. The van der Waals surface area contributed by atoms with Crippen molar-refractivity contribution in [1.29, 1.82) is 0 Å². The quantitative estimate of drug-likeness (QED) is 0.846. The number of hydrogen-bond acceptors (Lipinski definition) is 6. The third-order valence-electron chi connectivity index (χ3n) is 4.53. The number of carbonyl (C=O) groups is 1. The minimum Gasteiger partial charge on any atom is -0.497 e. The molecule has 134 valence electrons. The first kappa shape index (κ1) is 17.4. The highest BCUT2D eigenvalue weighted by atomic mass is 16.5. The highest BCUT2D eigenvalue weighted by molar-refractivity contribution is 5.87. The molecule has 1 fully saturated rings. The molecule has 0 radical (unpaired) electrons. The van der Waals surface area contributed by atoms with Gasteiger partial charge in [-0.25, -0.2) is 0 Å². The van der Waals surface area contributed by atoms with Gasteiger partial charge in [-0.05, 0) is 31.5 Å². The van der Waals surface area contributed by atoms with Crippen molar-refractivity contribution in [2.45, 2.75) is 32.3 Å². The molecule has 25 heavy (non-hydrogen) atoms. The van der Waals surface area contributed by atoms with Gasteiger partial charge in [0.15, 0.2) is 0 Å². The highest BCUT2D eigenvalue weighted by Gasteiger charge is 2.37. The van der Waals surface area contributed by atoms with Gasteiger partial charge in [-0.1, -0.05) is 17.3 Å². The van der Waals surface area contributed by atoms with Crippen LogP contribution in [0.1, 0.15) is 37.2 Å².